The summed E-state index contributed by atoms with van der Waals surface area (Å²) in [5.74, 6) is 0. The Morgan fingerprint density at radius 1 is 1.60 bits per heavy atom. The third-order valence-corrected chi connectivity index (χ3v) is 5.61. The molecule has 2 atom stereocenters. The zero-order valence-corrected chi connectivity index (χ0v) is 10.1. The van der Waals surface area contributed by atoms with Crippen LogP contribution in [0.15, 0.2) is 16.3 Å². The highest BCUT2D eigenvalue weighted by molar-refractivity contribution is 7.91. The molecule has 0 aromatic carbocycles. The molecule has 0 amide bonds. The minimum absolute atomic E-state index is 0.00890. The van der Waals surface area contributed by atoms with Gasteiger partial charge in [0.2, 0.25) is 10.0 Å². The Morgan fingerprint density at radius 3 is 2.73 bits per heavy atom. The smallest absolute Gasteiger partial charge is 0.250 e. The lowest BCUT2D eigenvalue weighted by Crippen LogP contribution is -2.29. The summed E-state index contributed by atoms with van der Waals surface area (Å²) in [6, 6.07) is 3.43. The Labute approximate surface area is 93.5 Å². The second kappa shape index (κ2) is 3.86. The molecular formula is C9H14N2O2S2. The number of nitrogens with two attached hydrogens (primary N) is 1. The Hall–Kier alpha value is -0.430. The average Bonchev–Trinajstić information content (AvgIpc) is 2.72. The molecule has 1 aromatic heterocycles. The first-order valence-corrected chi connectivity index (χ1v) is 7.19. The third kappa shape index (κ3) is 2.39. The summed E-state index contributed by atoms with van der Waals surface area (Å²) < 4.78 is 26.6. The van der Waals surface area contributed by atoms with E-state index in [0.717, 1.165) is 17.7 Å². The summed E-state index contributed by atoms with van der Waals surface area (Å²) in [6.45, 7) is 2.01. The largest absolute Gasteiger partial charge is 0.326 e. The van der Waals surface area contributed by atoms with Crippen LogP contribution in [0.25, 0.3) is 0 Å². The number of sulfonamides is 1. The number of thiophene rings is 1. The number of nitrogens with one attached hydrogen (secondary N) is 1. The van der Waals surface area contributed by atoms with Crippen LogP contribution in [0.2, 0.25) is 0 Å². The summed E-state index contributed by atoms with van der Waals surface area (Å²) in [6.07, 6.45) is 1.61. The van der Waals surface area contributed by atoms with Gasteiger partial charge in [0.1, 0.15) is 4.21 Å². The molecule has 1 heterocycles. The number of hydrogen-bond acceptors (Lipinski definition) is 4. The molecule has 1 aromatic rings. The third-order valence-electron chi connectivity index (χ3n) is 2.40. The molecule has 1 fully saturated rings. The fourth-order valence-electron chi connectivity index (χ4n) is 1.30. The summed E-state index contributed by atoms with van der Waals surface area (Å²) >= 11 is 1.32. The van der Waals surface area contributed by atoms with Gasteiger partial charge in [-0.1, -0.05) is 6.92 Å². The first-order valence-electron chi connectivity index (χ1n) is 4.89. The van der Waals surface area contributed by atoms with Gasteiger partial charge in [-0.3, -0.25) is 0 Å². The van der Waals surface area contributed by atoms with Crippen molar-refractivity contribution in [2.24, 2.45) is 5.73 Å². The van der Waals surface area contributed by atoms with Gasteiger partial charge in [-0.2, -0.15) is 0 Å². The van der Waals surface area contributed by atoms with Gasteiger partial charge in [0, 0.05) is 17.0 Å². The molecule has 0 saturated heterocycles. The van der Waals surface area contributed by atoms with Crippen LogP contribution in [-0.2, 0) is 16.4 Å². The van der Waals surface area contributed by atoms with Crippen LogP contribution in [0.3, 0.4) is 0 Å². The van der Waals surface area contributed by atoms with E-state index < -0.39 is 10.0 Å². The zero-order chi connectivity index (χ0) is 11.1. The summed E-state index contributed by atoms with van der Waals surface area (Å²) in [5, 5.41) is 0. The van der Waals surface area contributed by atoms with Crippen LogP contribution in [0.4, 0.5) is 0 Å². The standard InChI is InChI=1S/C9H14N2O2S2/c1-2-6-3-4-9(14-6)15(12,13)11-8-5-7(8)10/h3-4,7-8,11H,2,5,10H2,1H3. The molecule has 1 aliphatic carbocycles. The van der Waals surface area contributed by atoms with Crippen molar-refractivity contribution < 1.29 is 8.42 Å². The molecule has 0 aliphatic heterocycles. The van der Waals surface area contributed by atoms with Crippen LogP contribution in [0.1, 0.15) is 18.2 Å². The lowest BCUT2D eigenvalue weighted by Gasteiger charge is -2.02. The Bertz CT molecular complexity index is 452. The lowest BCUT2D eigenvalue weighted by atomic mass is 10.4. The lowest BCUT2D eigenvalue weighted by molar-refractivity contribution is 0.582. The SMILES string of the molecule is CCc1ccc(S(=O)(=O)NC2CC2N)s1. The first-order chi connectivity index (χ1) is 7.03. The predicted molar refractivity (Wildman–Crippen MR) is 60.4 cm³/mol. The van der Waals surface area contributed by atoms with E-state index in [4.69, 9.17) is 5.73 Å². The monoisotopic (exact) mass is 246 g/mol. The van der Waals surface area contributed by atoms with E-state index >= 15 is 0 Å². The molecule has 15 heavy (non-hydrogen) atoms. The van der Waals surface area contributed by atoms with Gasteiger partial charge >= 0.3 is 0 Å². The van der Waals surface area contributed by atoms with Gasteiger partial charge in [-0.25, -0.2) is 13.1 Å². The summed E-state index contributed by atoms with van der Waals surface area (Å²) in [4.78, 5) is 1.08. The molecule has 3 N–H and O–H groups in total. The van der Waals surface area contributed by atoms with E-state index in [1.54, 1.807) is 6.07 Å². The van der Waals surface area contributed by atoms with Crippen molar-refractivity contribution in [2.75, 3.05) is 0 Å². The van der Waals surface area contributed by atoms with Crippen molar-refractivity contribution in [3.8, 4) is 0 Å². The topological polar surface area (TPSA) is 72.2 Å². The molecule has 2 unspecified atom stereocenters. The van der Waals surface area contributed by atoms with Gasteiger partial charge < -0.3 is 5.73 Å². The molecule has 4 nitrogen and oxygen atoms in total. The van der Waals surface area contributed by atoms with Crippen molar-refractivity contribution >= 4 is 21.4 Å². The molecule has 1 aliphatic rings. The van der Waals surface area contributed by atoms with E-state index in [1.807, 2.05) is 13.0 Å². The Morgan fingerprint density at radius 2 is 2.27 bits per heavy atom. The molecule has 0 radical (unpaired) electrons. The second-order valence-corrected chi connectivity index (χ2v) is 6.81. The van der Waals surface area contributed by atoms with Crippen molar-refractivity contribution in [2.45, 2.75) is 36.1 Å². The average molecular weight is 246 g/mol. The molecule has 1 saturated carbocycles. The van der Waals surface area contributed by atoms with Crippen LogP contribution < -0.4 is 10.5 Å². The van der Waals surface area contributed by atoms with Crippen molar-refractivity contribution in [1.29, 1.82) is 0 Å². The number of aryl methyl sites for hydroxylation is 1. The van der Waals surface area contributed by atoms with Crippen molar-refractivity contribution in [1.82, 2.24) is 4.72 Å². The summed E-state index contributed by atoms with van der Waals surface area (Å²) in [5.41, 5.74) is 5.56. The van der Waals surface area contributed by atoms with E-state index in [2.05, 4.69) is 4.72 Å². The van der Waals surface area contributed by atoms with Gasteiger partial charge in [0.15, 0.2) is 0 Å². The highest BCUT2D eigenvalue weighted by Crippen LogP contribution is 2.25. The summed E-state index contributed by atoms with van der Waals surface area (Å²) in [7, 11) is -3.33. The number of hydrogen-bond donors (Lipinski definition) is 2. The maximum absolute atomic E-state index is 11.8. The molecule has 6 heteroatoms. The molecular weight excluding hydrogens is 232 g/mol. The minimum atomic E-state index is -3.33. The van der Waals surface area contributed by atoms with Crippen molar-refractivity contribution in [3.63, 3.8) is 0 Å². The zero-order valence-electron chi connectivity index (χ0n) is 8.43. The van der Waals surface area contributed by atoms with Crippen molar-refractivity contribution in [3.05, 3.63) is 17.0 Å². The fourth-order valence-corrected chi connectivity index (χ4v) is 3.91. The van der Waals surface area contributed by atoms with E-state index in [9.17, 15) is 8.42 Å². The maximum Gasteiger partial charge on any atom is 0.250 e. The first kappa shape index (κ1) is 11.1. The predicted octanol–water partition coefficient (Wildman–Crippen LogP) is 0.688. The fraction of sp³-hybridized carbons (Fsp3) is 0.556. The Kier molecular flexibility index (Phi) is 2.85. The van der Waals surface area contributed by atoms with Crippen LogP contribution in [-0.4, -0.2) is 20.5 Å². The number of rotatable bonds is 4. The van der Waals surface area contributed by atoms with Gasteiger partial charge in [-0.15, -0.1) is 11.3 Å². The maximum atomic E-state index is 11.8. The Balaban J connectivity index is 2.14. The van der Waals surface area contributed by atoms with Crippen LogP contribution in [0, 0.1) is 0 Å². The van der Waals surface area contributed by atoms with Gasteiger partial charge in [0.25, 0.3) is 0 Å². The normalized spacial score (nSPS) is 25.5. The highest BCUT2D eigenvalue weighted by atomic mass is 32.2. The molecule has 0 bridgehead atoms. The second-order valence-electron chi connectivity index (χ2n) is 3.70. The quantitative estimate of drug-likeness (QED) is 0.821. The van der Waals surface area contributed by atoms with Crippen LogP contribution in [0.5, 0.6) is 0 Å². The molecule has 84 valence electrons. The van der Waals surface area contributed by atoms with Crippen LogP contribution >= 0.6 is 11.3 Å². The molecule has 0 spiro atoms. The van der Waals surface area contributed by atoms with E-state index in [1.165, 1.54) is 11.3 Å². The highest BCUT2D eigenvalue weighted by Gasteiger charge is 2.37. The minimum Gasteiger partial charge on any atom is -0.326 e. The van der Waals surface area contributed by atoms with Gasteiger partial charge in [-0.05, 0) is 25.0 Å². The van der Waals surface area contributed by atoms with E-state index in [-0.39, 0.29) is 12.1 Å². The van der Waals surface area contributed by atoms with Gasteiger partial charge in [0.05, 0.1) is 0 Å². The van der Waals surface area contributed by atoms with E-state index in [0.29, 0.717) is 4.21 Å². The molecule has 2 rings (SSSR count).